The molecule has 1 aromatic rings. The molecule has 2 rings (SSSR count). The van der Waals surface area contributed by atoms with Crippen molar-refractivity contribution < 1.29 is 0 Å². The largest absolute Gasteiger partial charge is 0.379 e. The van der Waals surface area contributed by atoms with Crippen LogP contribution in [0.2, 0.25) is 0 Å². The molecule has 0 amide bonds. The van der Waals surface area contributed by atoms with Gasteiger partial charge in [-0.3, -0.25) is 0 Å². The lowest BCUT2D eigenvalue weighted by Gasteiger charge is -2.40. The monoisotopic (exact) mass is 253 g/mol. The van der Waals surface area contributed by atoms with Crippen LogP contribution < -0.4 is 5.32 Å². The molecule has 1 nitrogen and oxygen atoms in total. The van der Waals surface area contributed by atoms with Crippen LogP contribution in [0.3, 0.4) is 0 Å². The SMILES string of the molecule is CC1Cc2cccc(Br)c2NC1(C)C. The highest BCUT2D eigenvalue weighted by molar-refractivity contribution is 9.10. The minimum Gasteiger partial charge on any atom is -0.379 e. The second kappa shape index (κ2) is 3.27. The van der Waals surface area contributed by atoms with Crippen LogP contribution in [-0.4, -0.2) is 5.54 Å². The van der Waals surface area contributed by atoms with Gasteiger partial charge < -0.3 is 5.32 Å². The molecule has 14 heavy (non-hydrogen) atoms. The fourth-order valence-corrected chi connectivity index (χ4v) is 2.42. The summed E-state index contributed by atoms with van der Waals surface area (Å²) in [5, 5.41) is 3.61. The predicted octanol–water partition coefficient (Wildman–Crippen LogP) is 3.83. The van der Waals surface area contributed by atoms with Crippen molar-refractivity contribution in [1.82, 2.24) is 0 Å². The van der Waals surface area contributed by atoms with E-state index >= 15 is 0 Å². The Labute approximate surface area is 94.0 Å². The molecule has 0 fully saturated rings. The van der Waals surface area contributed by atoms with E-state index in [0.717, 1.165) is 6.42 Å². The molecule has 1 aromatic carbocycles. The number of rotatable bonds is 0. The molecule has 1 heterocycles. The van der Waals surface area contributed by atoms with Crippen molar-refractivity contribution in [2.75, 3.05) is 5.32 Å². The summed E-state index contributed by atoms with van der Waals surface area (Å²) < 4.78 is 1.18. The number of halogens is 1. The maximum absolute atomic E-state index is 3.61. The highest BCUT2D eigenvalue weighted by atomic mass is 79.9. The van der Waals surface area contributed by atoms with Crippen molar-refractivity contribution in [1.29, 1.82) is 0 Å². The Kier molecular flexibility index (Phi) is 2.34. The van der Waals surface area contributed by atoms with Crippen molar-refractivity contribution in [2.24, 2.45) is 5.92 Å². The topological polar surface area (TPSA) is 12.0 Å². The number of benzene rings is 1. The fraction of sp³-hybridized carbons (Fsp3) is 0.500. The van der Waals surface area contributed by atoms with Gasteiger partial charge in [0.15, 0.2) is 0 Å². The van der Waals surface area contributed by atoms with E-state index in [1.54, 1.807) is 0 Å². The summed E-state index contributed by atoms with van der Waals surface area (Å²) in [7, 11) is 0. The van der Waals surface area contributed by atoms with Crippen molar-refractivity contribution in [3.05, 3.63) is 28.2 Å². The van der Waals surface area contributed by atoms with Crippen molar-refractivity contribution in [3.8, 4) is 0 Å². The zero-order valence-electron chi connectivity index (χ0n) is 8.89. The number of para-hydroxylation sites is 1. The number of nitrogens with one attached hydrogen (secondary N) is 1. The highest BCUT2D eigenvalue weighted by Gasteiger charge is 2.31. The van der Waals surface area contributed by atoms with Gasteiger partial charge in [-0.2, -0.15) is 0 Å². The molecule has 1 atom stereocenters. The lowest BCUT2D eigenvalue weighted by Crippen LogP contribution is -2.42. The quantitative estimate of drug-likeness (QED) is 0.741. The van der Waals surface area contributed by atoms with E-state index < -0.39 is 0 Å². The molecule has 1 aliphatic heterocycles. The Bertz CT molecular complexity index is 357. The predicted molar refractivity (Wildman–Crippen MR) is 64.7 cm³/mol. The lowest BCUT2D eigenvalue weighted by molar-refractivity contribution is 0.361. The van der Waals surface area contributed by atoms with E-state index in [1.165, 1.54) is 15.7 Å². The normalized spacial score (nSPS) is 23.9. The second-order valence-electron chi connectivity index (χ2n) is 4.73. The van der Waals surface area contributed by atoms with Crippen LogP contribution in [0.1, 0.15) is 26.3 Å². The Morgan fingerprint density at radius 2 is 2.14 bits per heavy atom. The molecule has 0 spiro atoms. The molecular formula is C12H16BrN. The Balaban J connectivity index is 2.46. The standard InChI is InChI=1S/C12H16BrN/c1-8-7-9-5-4-6-10(13)11(9)14-12(8,2)3/h4-6,8,14H,7H2,1-3H3. The Morgan fingerprint density at radius 3 is 2.86 bits per heavy atom. The van der Waals surface area contributed by atoms with Gasteiger partial charge in [-0.15, -0.1) is 0 Å². The molecule has 0 saturated heterocycles. The summed E-state index contributed by atoms with van der Waals surface area (Å²) in [4.78, 5) is 0. The van der Waals surface area contributed by atoms with Gasteiger partial charge in [0.2, 0.25) is 0 Å². The van der Waals surface area contributed by atoms with Crippen LogP contribution >= 0.6 is 15.9 Å². The smallest absolute Gasteiger partial charge is 0.0521 e. The van der Waals surface area contributed by atoms with E-state index in [-0.39, 0.29) is 5.54 Å². The molecule has 0 radical (unpaired) electrons. The molecule has 0 saturated carbocycles. The molecular weight excluding hydrogens is 238 g/mol. The van der Waals surface area contributed by atoms with Gasteiger partial charge in [0.25, 0.3) is 0 Å². The Morgan fingerprint density at radius 1 is 1.43 bits per heavy atom. The van der Waals surface area contributed by atoms with Gasteiger partial charge in [0.1, 0.15) is 0 Å². The highest BCUT2D eigenvalue weighted by Crippen LogP contribution is 2.38. The molecule has 2 heteroatoms. The van der Waals surface area contributed by atoms with Crippen LogP contribution in [0.5, 0.6) is 0 Å². The van der Waals surface area contributed by atoms with Crippen LogP contribution in [-0.2, 0) is 6.42 Å². The van der Waals surface area contributed by atoms with Crippen LogP contribution in [0, 0.1) is 5.92 Å². The minimum absolute atomic E-state index is 0.191. The maximum Gasteiger partial charge on any atom is 0.0521 e. The van der Waals surface area contributed by atoms with E-state index in [2.05, 4.69) is 60.2 Å². The summed E-state index contributed by atoms with van der Waals surface area (Å²) in [5.41, 5.74) is 2.89. The average Bonchev–Trinajstić information content (AvgIpc) is 2.09. The van der Waals surface area contributed by atoms with E-state index in [1.807, 2.05) is 0 Å². The van der Waals surface area contributed by atoms with Gasteiger partial charge in [-0.25, -0.2) is 0 Å². The number of hydrogen-bond donors (Lipinski definition) is 1. The fourth-order valence-electron chi connectivity index (χ4n) is 1.91. The van der Waals surface area contributed by atoms with Crippen molar-refractivity contribution in [2.45, 2.75) is 32.7 Å². The van der Waals surface area contributed by atoms with Crippen LogP contribution in [0.4, 0.5) is 5.69 Å². The van der Waals surface area contributed by atoms with Crippen LogP contribution in [0.25, 0.3) is 0 Å². The third-order valence-electron chi connectivity index (χ3n) is 3.31. The molecule has 1 unspecified atom stereocenters. The summed E-state index contributed by atoms with van der Waals surface area (Å²) in [6.45, 7) is 6.83. The van der Waals surface area contributed by atoms with Gasteiger partial charge in [-0.05, 0) is 53.7 Å². The molecule has 1 aliphatic rings. The number of anilines is 1. The number of fused-ring (bicyclic) bond motifs is 1. The van der Waals surface area contributed by atoms with E-state index in [4.69, 9.17) is 0 Å². The summed E-state index contributed by atoms with van der Waals surface area (Å²) >= 11 is 3.59. The first-order valence-corrected chi connectivity index (χ1v) is 5.85. The zero-order chi connectivity index (χ0) is 10.3. The van der Waals surface area contributed by atoms with Gasteiger partial charge >= 0.3 is 0 Å². The lowest BCUT2D eigenvalue weighted by atomic mass is 9.80. The first-order valence-electron chi connectivity index (χ1n) is 5.06. The molecule has 76 valence electrons. The summed E-state index contributed by atoms with van der Waals surface area (Å²) in [6, 6.07) is 6.41. The van der Waals surface area contributed by atoms with E-state index in [0.29, 0.717) is 5.92 Å². The maximum atomic E-state index is 3.61. The first-order chi connectivity index (χ1) is 6.50. The van der Waals surface area contributed by atoms with Crippen molar-refractivity contribution in [3.63, 3.8) is 0 Å². The second-order valence-corrected chi connectivity index (χ2v) is 5.58. The summed E-state index contributed by atoms with van der Waals surface area (Å²) in [5.74, 6) is 0.671. The van der Waals surface area contributed by atoms with Crippen molar-refractivity contribution >= 4 is 21.6 Å². The zero-order valence-corrected chi connectivity index (χ0v) is 10.5. The Hall–Kier alpha value is -0.500. The molecule has 0 aromatic heterocycles. The van der Waals surface area contributed by atoms with Gasteiger partial charge in [0, 0.05) is 10.0 Å². The minimum atomic E-state index is 0.191. The first kappa shape index (κ1) is 10.0. The molecule has 1 N–H and O–H groups in total. The van der Waals surface area contributed by atoms with Crippen LogP contribution in [0.15, 0.2) is 22.7 Å². The van der Waals surface area contributed by atoms with E-state index in [9.17, 15) is 0 Å². The molecule has 0 aliphatic carbocycles. The third-order valence-corrected chi connectivity index (χ3v) is 3.97. The summed E-state index contributed by atoms with van der Waals surface area (Å²) in [6.07, 6.45) is 1.16. The third kappa shape index (κ3) is 1.56. The molecule has 0 bridgehead atoms. The number of hydrogen-bond acceptors (Lipinski definition) is 1. The average molecular weight is 254 g/mol. The van der Waals surface area contributed by atoms with Gasteiger partial charge in [0.05, 0.1) is 5.69 Å². The van der Waals surface area contributed by atoms with Gasteiger partial charge in [-0.1, -0.05) is 19.1 Å².